The van der Waals surface area contributed by atoms with Gasteiger partial charge >= 0.3 is 39.5 Å². The fourth-order valence-electron chi connectivity index (χ4n) is 9.94. The molecule has 0 fully saturated rings. The molecular weight excluding hydrogens is 1130 g/mol. The number of esters is 4. The summed E-state index contributed by atoms with van der Waals surface area (Å²) in [6.07, 6.45) is 44.4. The lowest BCUT2D eigenvalue weighted by atomic mass is 10.0. The number of aliphatic hydroxyl groups excluding tert-OH is 1. The summed E-state index contributed by atoms with van der Waals surface area (Å²) < 4.78 is 68.0. The highest BCUT2D eigenvalue weighted by atomic mass is 31.2. The van der Waals surface area contributed by atoms with Gasteiger partial charge in [-0.3, -0.25) is 37.3 Å². The Morgan fingerprint density at radius 1 is 0.318 bits per heavy atom. The fraction of sp³-hybridized carbons (Fsp3) is 0.939. The van der Waals surface area contributed by atoms with E-state index in [1.165, 1.54) is 154 Å². The number of carbonyl (C=O) groups is 4. The number of hydrogen-bond donors (Lipinski definition) is 3. The molecule has 0 spiro atoms. The Kier molecular flexibility index (Phi) is 58.3. The molecule has 0 aliphatic heterocycles. The number of aliphatic hydroxyl groups is 1. The van der Waals surface area contributed by atoms with E-state index in [1.807, 2.05) is 0 Å². The number of hydrogen-bond acceptors (Lipinski definition) is 15. The molecule has 0 aromatic heterocycles. The predicted octanol–water partition coefficient (Wildman–Crippen LogP) is 18.6. The van der Waals surface area contributed by atoms with E-state index >= 15 is 0 Å². The molecule has 85 heavy (non-hydrogen) atoms. The first kappa shape index (κ1) is 83.1. The van der Waals surface area contributed by atoms with Crippen molar-refractivity contribution in [1.82, 2.24) is 0 Å². The smallest absolute Gasteiger partial charge is 0.462 e. The van der Waals surface area contributed by atoms with E-state index in [0.29, 0.717) is 25.7 Å². The van der Waals surface area contributed by atoms with Crippen molar-refractivity contribution in [3.05, 3.63) is 0 Å². The predicted molar refractivity (Wildman–Crippen MR) is 340 cm³/mol. The first-order valence-electron chi connectivity index (χ1n) is 34.6. The molecule has 0 saturated carbocycles. The number of carbonyl (C=O) groups excluding carboxylic acids is 4. The summed E-state index contributed by atoms with van der Waals surface area (Å²) in [5.41, 5.74) is 0. The Morgan fingerprint density at radius 3 is 0.800 bits per heavy atom. The van der Waals surface area contributed by atoms with Gasteiger partial charge in [0.25, 0.3) is 0 Å². The molecule has 5 atom stereocenters. The molecule has 0 aromatic carbocycles. The SMILES string of the molecule is CCCCCCCCCCCCCCCC(=O)OC[C@H](COP(=O)(O)OC[C@@H](O)COP(=O)(O)OC[C@@H](COC(=O)CCCCCCCCCC)OC(=O)CCCCCCCCCCCC)OC(=O)CCCCCCCCCCCCCC(C)C. The molecule has 2 unspecified atom stereocenters. The summed E-state index contributed by atoms with van der Waals surface area (Å²) in [4.78, 5) is 72.2. The number of rotatable bonds is 66. The van der Waals surface area contributed by atoms with E-state index in [9.17, 15) is 43.2 Å². The Morgan fingerprint density at radius 2 is 0.541 bits per heavy atom. The van der Waals surface area contributed by atoms with E-state index in [-0.39, 0.29) is 25.7 Å². The van der Waals surface area contributed by atoms with Gasteiger partial charge in [0.2, 0.25) is 0 Å². The van der Waals surface area contributed by atoms with Gasteiger partial charge in [0, 0.05) is 25.7 Å². The van der Waals surface area contributed by atoms with Crippen LogP contribution in [0.15, 0.2) is 0 Å². The van der Waals surface area contributed by atoms with Crippen molar-refractivity contribution in [2.75, 3.05) is 39.6 Å². The normalized spacial score (nSPS) is 14.2. The van der Waals surface area contributed by atoms with Crippen LogP contribution in [0.4, 0.5) is 0 Å². The third-order valence-electron chi connectivity index (χ3n) is 15.3. The lowest BCUT2D eigenvalue weighted by Crippen LogP contribution is -2.30. The van der Waals surface area contributed by atoms with E-state index < -0.39 is 97.5 Å². The second kappa shape index (κ2) is 59.7. The van der Waals surface area contributed by atoms with Gasteiger partial charge in [-0.2, -0.15) is 0 Å². The lowest BCUT2D eigenvalue weighted by molar-refractivity contribution is -0.161. The minimum Gasteiger partial charge on any atom is -0.462 e. The molecule has 3 N–H and O–H groups in total. The molecule has 0 amide bonds. The number of phosphoric ester groups is 2. The van der Waals surface area contributed by atoms with Gasteiger partial charge in [0.1, 0.15) is 19.3 Å². The fourth-order valence-corrected chi connectivity index (χ4v) is 11.5. The van der Waals surface area contributed by atoms with Crippen LogP contribution in [0.2, 0.25) is 0 Å². The molecule has 0 heterocycles. The van der Waals surface area contributed by atoms with Crippen LogP contribution in [-0.2, 0) is 65.4 Å². The van der Waals surface area contributed by atoms with Crippen LogP contribution in [0.5, 0.6) is 0 Å². The number of unbranched alkanes of at least 4 members (excludes halogenated alkanes) is 38. The van der Waals surface area contributed by atoms with Gasteiger partial charge < -0.3 is 33.8 Å². The topological polar surface area (TPSA) is 237 Å². The maximum atomic E-state index is 13.0. The Bertz CT molecular complexity index is 1650. The van der Waals surface area contributed by atoms with Crippen LogP contribution < -0.4 is 0 Å². The minimum absolute atomic E-state index is 0.106. The van der Waals surface area contributed by atoms with Gasteiger partial charge in [0.05, 0.1) is 26.4 Å². The molecule has 0 aliphatic rings. The van der Waals surface area contributed by atoms with Crippen molar-refractivity contribution in [2.24, 2.45) is 5.92 Å². The van der Waals surface area contributed by atoms with Gasteiger partial charge in [-0.1, -0.05) is 285 Å². The molecule has 504 valence electrons. The van der Waals surface area contributed by atoms with Crippen LogP contribution >= 0.6 is 15.6 Å². The Labute approximate surface area is 517 Å². The van der Waals surface area contributed by atoms with Gasteiger partial charge in [0.15, 0.2) is 12.2 Å². The van der Waals surface area contributed by atoms with Gasteiger partial charge in [-0.15, -0.1) is 0 Å². The van der Waals surface area contributed by atoms with Gasteiger partial charge in [-0.05, 0) is 31.6 Å². The van der Waals surface area contributed by atoms with Crippen molar-refractivity contribution in [3.8, 4) is 0 Å². The first-order valence-corrected chi connectivity index (χ1v) is 37.6. The summed E-state index contributed by atoms with van der Waals surface area (Å²) >= 11 is 0. The third kappa shape index (κ3) is 60.7. The molecule has 0 aromatic rings. The van der Waals surface area contributed by atoms with E-state index in [2.05, 4.69) is 34.6 Å². The van der Waals surface area contributed by atoms with E-state index in [1.54, 1.807) is 0 Å². The summed E-state index contributed by atoms with van der Waals surface area (Å²) in [5, 5.41) is 10.5. The highest BCUT2D eigenvalue weighted by Crippen LogP contribution is 2.45. The summed E-state index contributed by atoms with van der Waals surface area (Å²) in [6.45, 7) is 7.18. The Hall–Kier alpha value is -1.94. The quantitative estimate of drug-likeness (QED) is 0.0222. The van der Waals surface area contributed by atoms with Crippen molar-refractivity contribution < 1.29 is 80.2 Å². The van der Waals surface area contributed by atoms with Crippen molar-refractivity contribution in [3.63, 3.8) is 0 Å². The zero-order valence-corrected chi connectivity index (χ0v) is 56.5. The van der Waals surface area contributed by atoms with Crippen LogP contribution in [0.1, 0.15) is 336 Å². The molecule has 0 bridgehead atoms. The third-order valence-corrected chi connectivity index (χ3v) is 17.2. The van der Waals surface area contributed by atoms with Crippen molar-refractivity contribution in [2.45, 2.75) is 355 Å². The maximum absolute atomic E-state index is 13.0. The van der Waals surface area contributed by atoms with Crippen molar-refractivity contribution in [1.29, 1.82) is 0 Å². The maximum Gasteiger partial charge on any atom is 0.472 e. The number of ether oxygens (including phenoxy) is 4. The zero-order valence-electron chi connectivity index (χ0n) is 54.7. The summed E-state index contributed by atoms with van der Waals surface area (Å²) in [7, 11) is -9.89. The second-order valence-corrected chi connectivity index (χ2v) is 27.2. The molecule has 0 aliphatic carbocycles. The molecule has 19 heteroatoms. The van der Waals surface area contributed by atoms with Crippen LogP contribution in [0.3, 0.4) is 0 Å². The Balaban J connectivity index is 5.22. The highest BCUT2D eigenvalue weighted by molar-refractivity contribution is 7.47. The summed E-state index contributed by atoms with van der Waals surface area (Å²) in [5.74, 6) is -1.36. The van der Waals surface area contributed by atoms with E-state index in [0.717, 1.165) is 102 Å². The molecule has 0 rings (SSSR count). The van der Waals surface area contributed by atoms with Crippen molar-refractivity contribution >= 4 is 39.5 Å². The van der Waals surface area contributed by atoms with Gasteiger partial charge in [-0.25, -0.2) is 9.13 Å². The highest BCUT2D eigenvalue weighted by Gasteiger charge is 2.30. The minimum atomic E-state index is -4.95. The van der Waals surface area contributed by atoms with E-state index in [4.69, 9.17) is 37.0 Å². The van der Waals surface area contributed by atoms with Crippen LogP contribution in [-0.4, -0.2) is 96.7 Å². The number of phosphoric acid groups is 2. The van der Waals surface area contributed by atoms with Crippen LogP contribution in [0.25, 0.3) is 0 Å². The largest absolute Gasteiger partial charge is 0.472 e. The zero-order chi connectivity index (χ0) is 62.8. The molecule has 0 saturated heterocycles. The van der Waals surface area contributed by atoms with Crippen LogP contribution in [0, 0.1) is 5.92 Å². The summed E-state index contributed by atoms with van der Waals surface area (Å²) in [6, 6.07) is 0. The average Bonchev–Trinajstić information content (AvgIpc) is 3.51. The average molecular weight is 1260 g/mol. The molecular formula is C66H128O17P2. The lowest BCUT2D eigenvalue weighted by Gasteiger charge is -2.21. The molecule has 0 radical (unpaired) electrons. The monoisotopic (exact) mass is 1250 g/mol. The standard InChI is InChI=1S/C66H128O17P2/c1-6-9-12-15-18-21-23-24-27-31-35-40-45-50-64(69)77-56-62(83-66(71)52-47-42-37-32-28-25-26-29-33-38-43-48-59(4)5)58-81-85(74,75)79-54-60(67)53-78-84(72,73)80-57-61(55-76-63(68)49-44-39-34-20-17-14-11-8-3)82-65(70)51-46-41-36-30-22-19-16-13-10-7-2/h59-62,67H,6-58H2,1-5H3,(H,72,73)(H,74,75)/t60-,61+,62+/m0/s1. The first-order chi connectivity index (χ1) is 41.0. The second-order valence-electron chi connectivity index (χ2n) is 24.3. The molecule has 17 nitrogen and oxygen atoms in total.